The maximum Gasteiger partial charge on any atom is 0.266 e. The van der Waals surface area contributed by atoms with Crippen LogP contribution in [0.1, 0.15) is 31.9 Å². The number of amides is 1. The summed E-state index contributed by atoms with van der Waals surface area (Å²) in [4.78, 5) is 12.8. The molecule has 0 saturated heterocycles. The van der Waals surface area contributed by atoms with Gasteiger partial charge in [-0.25, -0.2) is 0 Å². The van der Waals surface area contributed by atoms with Crippen molar-refractivity contribution < 1.29 is 19.0 Å². The second kappa shape index (κ2) is 13.0. The number of hydrogen-bond donors (Lipinski definition) is 1. The van der Waals surface area contributed by atoms with Crippen molar-refractivity contribution >= 4 is 45.2 Å². The zero-order valence-electron chi connectivity index (χ0n) is 20.2. The Morgan fingerprint density at radius 3 is 2.50 bits per heavy atom. The molecule has 6 nitrogen and oxygen atoms in total. The Balaban J connectivity index is 1.71. The molecule has 0 saturated carbocycles. The van der Waals surface area contributed by atoms with Gasteiger partial charge < -0.3 is 19.5 Å². The van der Waals surface area contributed by atoms with E-state index in [2.05, 4.69) is 21.2 Å². The summed E-state index contributed by atoms with van der Waals surface area (Å²) < 4.78 is 18.0. The lowest BCUT2D eigenvalue weighted by Gasteiger charge is -2.17. The first-order valence-electron chi connectivity index (χ1n) is 11.3. The fourth-order valence-corrected chi connectivity index (χ4v) is 3.95. The summed E-state index contributed by atoms with van der Waals surface area (Å²) in [5.74, 6) is 1.19. The van der Waals surface area contributed by atoms with Gasteiger partial charge in [0.2, 0.25) is 0 Å². The van der Waals surface area contributed by atoms with Gasteiger partial charge in [-0.1, -0.05) is 29.8 Å². The number of ether oxygens (including phenoxy) is 3. The van der Waals surface area contributed by atoms with E-state index < -0.39 is 5.91 Å². The van der Waals surface area contributed by atoms with E-state index in [0.717, 1.165) is 5.56 Å². The fourth-order valence-electron chi connectivity index (χ4n) is 3.21. The van der Waals surface area contributed by atoms with Gasteiger partial charge in [0.15, 0.2) is 11.5 Å². The summed E-state index contributed by atoms with van der Waals surface area (Å²) in [5, 5.41) is 13.0. The fraction of sp³-hybridized carbons (Fsp3) is 0.214. The summed E-state index contributed by atoms with van der Waals surface area (Å²) in [7, 11) is 0. The van der Waals surface area contributed by atoms with Crippen molar-refractivity contribution in [3.63, 3.8) is 0 Å². The van der Waals surface area contributed by atoms with Gasteiger partial charge in [-0.3, -0.25) is 4.79 Å². The number of halogens is 2. The summed E-state index contributed by atoms with van der Waals surface area (Å²) in [6.45, 7) is 6.49. The van der Waals surface area contributed by atoms with Crippen LogP contribution in [0.3, 0.4) is 0 Å². The molecule has 0 aliphatic heterocycles. The van der Waals surface area contributed by atoms with Crippen LogP contribution in [0.15, 0.2) is 70.7 Å². The molecule has 0 heterocycles. The molecular weight excluding hydrogens is 544 g/mol. The first kappa shape index (κ1) is 27.1. The van der Waals surface area contributed by atoms with Gasteiger partial charge in [0, 0.05) is 16.3 Å². The molecule has 0 aliphatic carbocycles. The predicted molar refractivity (Wildman–Crippen MR) is 146 cm³/mol. The molecule has 0 fully saturated rings. The highest BCUT2D eigenvalue weighted by Crippen LogP contribution is 2.38. The first-order valence-corrected chi connectivity index (χ1v) is 12.5. The zero-order valence-corrected chi connectivity index (χ0v) is 22.5. The molecule has 0 radical (unpaired) electrons. The zero-order chi connectivity index (χ0) is 26.1. The van der Waals surface area contributed by atoms with Crippen molar-refractivity contribution in [1.29, 1.82) is 5.26 Å². The minimum atomic E-state index is -0.529. The molecule has 1 amide bonds. The molecular formula is C28H26BrClN2O4. The summed E-state index contributed by atoms with van der Waals surface area (Å²) in [5.41, 5.74) is 1.98. The maximum absolute atomic E-state index is 12.8. The standard InChI is InChI=1S/C28H26BrClN2O4/c1-4-34-26-15-19(14-24(29)27(26)36-18(2)3)13-21(16-31)28(33)32-22-9-11-23(12-10-22)35-17-20-7-5-6-8-25(20)30/h5-15,18H,4,17H2,1-3H3,(H,32,33)/b21-13+. The van der Waals surface area contributed by atoms with Crippen LogP contribution >= 0.6 is 27.5 Å². The van der Waals surface area contributed by atoms with Crippen molar-refractivity contribution in [3.05, 3.63) is 86.9 Å². The molecule has 3 aromatic carbocycles. The van der Waals surface area contributed by atoms with Gasteiger partial charge in [-0.05, 0) is 90.8 Å². The summed E-state index contributed by atoms with van der Waals surface area (Å²) >= 11 is 9.66. The topological polar surface area (TPSA) is 80.6 Å². The van der Waals surface area contributed by atoms with Gasteiger partial charge in [0.1, 0.15) is 24.0 Å². The molecule has 36 heavy (non-hydrogen) atoms. The van der Waals surface area contributed by atoms with Gasteiger partial charge in [-0.2, -0.15) is 5.26 Å². The number of nitrogens with zero attached hydrogens (tertiary/aromatic N) is 1. The number of carbonyl (C=O) groups excluding carboxylic acids is 1. The number of rotatable bonds is 10. The van der Waals surface area contributed by atoms with Gasteiger partial charge in [0.25, 0.3) is 5.91 Å². The monoisotopic (exact) mass is 568 g/mol. The van der Waals surface area contributed by atoms with E-state index >= 15 is 0 Å². The molecule has 0 atom stereocenters. The van der Waals surface area contributed by atoms with E-state index in [0.29, 0.717) is 51.2 Å². The molecule has 0 bridgehead atoms. The van der Waals surface area contributed by atoms with Crippen molar-refractivity contribution in [2.45, 2.75) is 33.5 Å². The third kappa shape index (κ3) is 7.51. The van der Waals surface area contributed by atoms with Crippen LogP contribution in [0.25, 0.3) is 6.08 Å². The Labute approximate surface area is 224 Å². The smallest absolute Gasteiger partial charge is 0.266 e. The van der Waals surface area contributed by atoms with Gasteiger partial charge in [-0.15, -0.1) is 0 Å². The lowest BCUT2D eigenvalue weighted by atomic mass is 10.1. The Hall–Kier alpha value is -3.47. The predicted octanol–water partition coefficient (Wildman–Crippen LogP) is 7.41. The van der Waals surface area contributed by atoms with Crippen LogP contribution in [0.5, 0.6) is 17.2 Å². The largest absolute Gasteiger partial charge is 0.490 e. The van der Waals surface area contributed by atoms with Crippen LogP contribution in [0.4, 0.5) is 5.69 Å². The second-order valence-corrected chi connectivity index (χ2v) is 9.22. The number of anilines is 1. The minimum Gasteiger partial charge on any atom is -0.490 e. The van der Waals surface area contributed by atoms with Crippen LogP contribution in [0, 0.1) is 11.3 Å². The number of benzene rings is 3. The van der Waals surface area contributed by atoms with Crippen molar-refractivity contribution in [3.8, 4) is 23.3 Å². The highest BCUT2D eigenvalue weighted by molar-refractivity contribution is 9.10. The highest BCUT2D eigenvalue weighted by Gasteiger charge is 2.15. The maximum atomic E-state index is 12.8. The van der Waals surface area contributed by atoms with E-state index in [1.807, 2.05) is 51.1 Å². The summed E-state index contributed by atoms with van der Waals surface area (Å²) in [6, 6.07) is 19.8. The molecule has 3 aromatic rings. The summed E-state index contributed by atoms with van der Waals surface area (Å²) in [6.07, 6.45) is 1.46. The van der Waals surface area contributed by atoms with Crippen molar-refractivity contribution in [1.82, 2.24) is 0 Å². The van der Waals surface area contributed by atoms with Crippen molar-refractivity contribution in [2.24, 2.45) is 0 Å². The van der Waals surface area contributed by atoms with Crippen LogP contribution in [-0.2, 0) is 11.4 Å². The molecule has 0 unspecified atom stereocenters. The first-order chi connectivity index (χ1) is 17.3. The van der Waals surface area contributed by atoms with Crippen LogP contribution in [-0.4, -0.2) is 18.6 Å². The van der Waals surface area contributed by atoms with E-state index in [-0.39, 0.29) is 11.7 Å². The number of carbonyl (C=O) groups is 1. The quantitative estimate of drug-likeness (QED) is 0.203. The van der Waals surface area contributed by atoms with E-state index in [1.54, 1.807) is 36.4 Å². The molecule has 0 aliphatic rings. The molecule has 0 aromatic heterocycles. The lowest BCUT2D eigenvalue weighted by molar-refractivity contribution is -0.112. The Morgan fingerprint density at radius 2 is 1.86 bits per heavy atom. The molecule has 3 rings (SSSR count). The number of nitriles is 1. The lowest BCUT2D eigenvalue weighted by Crippen LogP contribution is -2.13. The number of hydrogen-bond acceptors (Lipinski definition) is 5. The Kier molecular flexibility index (Phi) is 9.80. The Morgan fingerprint density at radius 1 is 1.14 bits per heavy atom. The minimum absolute atomic E-state index is 0.0460. The average molecular weight is 570 g/mol. The highest BCUT2D eigenvalue weighted by atomic mass is 79.9. The third-order valence-electron chi connectivity index (χ3n) is 4.83. The normalized spacial score (nSPS) is 11.1. The SMILES string of the molecule is CCOc1cc(/C=C(\C#N)C(=O)Nc2ccc(OCc3ccccc3Cl)cc2)cc(Br)c1OC(C)C. The van der Waals surface area contributed by atoms with Gasteiger partial charge in [0.05, 0.1) is 17.2 Å². The van der Waals surface area contributed by atoms with Crippen molar-refractivity contribution in [2.75, 3.05) is 11.9 Å². The third-order valence-corrected chi connectivity index (χ3v) is 5.78. The molecule has 186 valence electrons. The second-order valence-electron chi connectivity index (χ2n) is 7.96. The average Bonchev–Trinajstić information content (AvgIpc) is 2.85. The molecule has 8 heteroatoms. The van der Waals surface area contributed by atoms with E-state index in [9.17, 15) is 10.1 Å². The van der Waals surface area contributed by atoms with E-state index in [4.69, 9.17) is 25.8 Å². The van der Waals surface area contributed by atoms with E-state index in [1.165, 1.54) is 6.08 Å². The molecule has 0 spiro atoms. The van der Waals surface area contributed by atoms with Gasteiger partial charge >= 0.3 is 0 Å². The molecule has 1 N–H and O–H groups in total. The Bertz CT molecular complexity index is 1280. The van der Waals surface area contributed by atoms with Crippen LogP contribution in [0.2, 0.25) is 5.02 Å². The van der Waals surface area contributed by atoms with Crippen LogP contribution < -0.4 is 19.5 Å². The number of nitrogens with one attached hydrogen (secondary N) is 1.